The molecule has 0 fully saturated rings. The summed E-state index contributed by atoms with van der Waals surface area (Å²) in [6.07, 6.45) is 1.62. The molecule has 5 nitrogen and oxygen atoms in total. The van der Waals surface area contributed by atoms with Crippen LogP contribution in [-0.2, 0) is 14.3 Å². The Morgan fingerprint density at radius 1 is 1.12 bits per heavy atom. The molecule has 1 heterocycles. The molecular weight excluding hydrogens is 398 g/mol. The van der Waals surface area contributed by atoms with Crippen molar-refractivity contribution in [1.29, 1.82) is 0 Å². The number of allylic oxidation sites excluding steroid dienone is 1. The van der Waals surface area contributed by atoms with Crippen molar-refractivity contribution in [2.24, 2.45) is 0 Å². The fourth-order valence-corrected chi connectivity index (χ4v) is 3.08. The van der Waals surface area contributed by atoms with Gasteiger partial charge in [-0.3, -0.25) is 9.69 Å². The van der Waals surface area contributed by atoms with Crippen molar-refractivity contribution in [3.8, 4) is 5.75 Å². The number of benzene rings is 2. The lowest BCUT2D eigenvalue weighted by Gasteiger charge is -2.18. The van der Waals surface area contributed by atoms with Crippen molar-refractivity contribution in [2.75, 3.05) is 12.0 Å². The number of halogens is 1. The van der Waals surface area contributed by atoms with Gasteiger partial charge in [-0.05, 0) is 55.0 Å². The molecule has 1 aliphatic rings. The van der Waals surface area contributed by atoms with Crippen LogP contribution in [0.1, 0.15) is 12.5 Å². The highest BCUT2D eigenvalue weighted by Crippen LogP contribution is 2.35. The van der Waals surface area contributed by atoms with Crippen molar-refractivity contribution < 1.29 is 19.4 Å². The maximum atomic E-state index is 13.1. The molecule has 0 aliphatic carbocycles. The third kappa shape index (κ3) is 3.28. The lowest BCUT2D eigenvalue weighted by atomic mass is 10.0. The van der Waals surface area contributed by atoms with Crippen molar-refractivity contribution in [3.05, 3.63) is 75.4 Å². The Bertz CT molecular complexity index is 927. The van der Waals surface area contributed by atoms with Crippen LogP contribution in [0.5, 0.6) is 5.75 Å². The van der Waals surface area contributed by atoms with Crippen LogP contribution in [0.2, 0.25) is 0 Å². The molecule has 2 aromatic rings. The SMILES string of the molecule is COC(=O)C1=C(C)N(c2ccc(Br)cc2)C(=O)/C1=C\c1ccc(O)cc1. The fourth-order valence-electron chi connectivity index (χ4n) is 2.82. The van der Waals surface area contributed by atoms with Gasteiger partial charge < -0.3 is 9.84 Å². The monoisotopic (exact) mass is 413 g/mol. The number of phenols is 1. The summed E-state index contributed by atoms with van der Waals surface area (Å²) in [7, 11) is 1.29. The second-order valence-corrected chi connectivity index (χ2v) is 6.63. The topological polar surface area (TPSA) is 66.8 Å². The van der Waals surface area contributed by atoms with E-state index in [4.69, 9.17) is 4.74 Å². The van der Waals surface area contributed by atoms with Crippen LogP contribution in [0.3, 0.4) is 0 Å². The van der Waals surface area contributed by atoms with Crippen LogP contribution in [0, 0.1) is 0 Å². The number of methoxy groups -OCH3 is 1. The van der Waals surface area contributed by atoms with E-state index >= 15 is 0 Å². The Kier molecular flexibility index (Phi) is 4.95. The summed E-state index contributed by atoms with van der Waals surface area (Å²) in [6.45, 7) is 1.71. The van der Waals surface area contributed by atoms with Gasteiger partial charge in [-0.15, -0.1) is 0 Å². The van der Waals surface area contributed by atoms with Crippen LogP contribution in [0.4, 0.5) is 5.69 Å². The molecule has 3 rings (SSSR count). The lowest BCUT2D eigenvalue weighted by molar-refractivity contribution is -0.136. The Labute approximate surface area is 159 Å². The van der Waals surface area contributed by atoms with E-state index in [1.165, 1.54) is 24.1 Å². The summed E-state index contributed by atoms with van der Waals surface area (Å²) in [4.78, 5) is 26.8. The predicted molar refractivity (Wildman–Crippen MR) is 102 cm³/mol. The summed E-state index contributed by atoms with van der Waals surface area (Å²) in [5, 5.41) is 9.42. The Morgan fingerprint density at radius 2 is 1.73 bits per heavy atom. The van der Waals surface area contributed by atoms with Gasteiger partial charge >= 0.3 is 5.97 Å². The van der Waals surface area contributed by atoms with Gasteiger partial charge in [-0.2, -0.15) is 0 Å². The van der Waals surface area contributed by atoms with E-state index in [0.29, 0.717) is 16.9 Å². The quantitative estimate of drug-likeness (QED) is 0.609. The molecule has 0 bridgehead atoms. The number of aromatic hydroxyl groups is 1. The maximum Gasteiger partial charge on any atom is 0.340 e. The number of rotatable bonds is 3. The molecule has 0 unspecified atom stereocenters. The summed E-state index contributed by atoms with van der Waals surface area (Å²) >= 11 is 3.37. The molecule has 26 heavy (non-hydrogen) atoms. The van der Waals surface area contributed by atoms with Gasteiger partial charge in [0.05, 0.1) is 18.3 Å². The van der Waals surface area contributed by atoms with E-state index < -0.39 is 5.97 Å². The van der Waals surface area contributed by atoms with Gasteiger partial charge in [0.1, 0.15) is 5.75 Å². The number of carbonyl (C=O) groups excluding carboxylic acids is 2. The van der Waals surface area contributed by atoms with E-state index in [-0.39, 0.29) is 22.8 Å². The number of carbonyl (C=O) groups is 2. The first-order chi connectivity index (χ1) is 12.4. The third-order valence-electron chi connectivity index (χ3n) is 4.08. The zero-order chi connectivity index (χ0) is 18.8. The predicted octanol–water partition coefficient (Wildman–Crippen LogP) is 4.03. The molecule has 1 N–H and O–H groups in total. The Balaban J connectivity index is 2.12. The fraction of sp³-hybridized carbons (Fsp3) is 0.100. The number of ether oxygens (including phenoxy) is 1. The number of esters is 1. The van der Waals surface area contributed by atoms with E-state index in [9.17, 15) is 14.7 Å². The zero-order valence-electron chi connectivity index (χ0n) is 14.2. The van der Waals surface area contributed by atoms with Crippen LogP contribution >= 0.6 is 15.9 Å². The van der Waals surface area contributed by atoms with Crippen LogP contribution in [0.25, 0.3) is 6.08 Å². The first kappa shape index (κ1) is 17.9. The van der Waals surface area contributed by atoms with Crippen molar-refractivity contribution in [3.63, 3.8) is 0 Å². The standard InChI is InChI=1S/C20H16BrNO4/c1-12-18(20(25)26-2)17(11-13-3-9-16(23)10-4-13)19(24)22(12)15-7-5-14(21)6-8-15/h3-11,23H,1-2H3/b17-11-. The second kappa shape index (κ2) is 7.17. The molecular formula is C20H16BrNO4. The van der Waals surface area contributed by atoms with Gasteiger partial charge in [-0.25, -0.2) is 4.79 Å². The molecule has 132 valence electrons. The van der Waals surface area contributed by atoms with Gasteiger partial charge in [-0.1, -0.05) is 28.1 Å². The molecule has 0 spiro atoms. The van der Waals surface area contributed by atoms with Gasteiger partial charge in [0.15, 0.2) is 0 Å². The van der Waals surface area contributed by atoms with E-state index in [1.807, 2.05) is 12.1 Å². The average molecular weight is 414 g/mol. The summed E-state index contributed by atoms with van der Waals surface area (Å²) < 4.78 is 5.77. The highest BCUT2D eigenvalue weighted by atomic mass is 79.9. The molecule has 0 atom stereocenters. The molecule has 1 aliphatic heterocycles. The summed E-state index contributed by atoms with van der Waals surface area (Å²) in [6, 6.07) is 13.6. The largest absolute Gasteiger partial charge is 0.508 e. The first-order valence-electron chi connectivity index (χ1n) is 7.82. The van der Waals surface area contributed by atoms with Gasteiger partial charge in [0.2, 0.25) is 0 Å². The van der Waals surface area contributed by atoms with Crippen LogP contribution in [0.15, 0.2) is 69.8 Å². The molecule has 6 heteroatoms. The number of hydrogen-bond donors (Lipinski definition) is 1. The van der Waals surface area contributed by atoms with Crippen LogP contribution < -0.4 is 4.90 Å². The minimum absolute atomic E-state index is 0.126. The van der Waals surface area contributed by atoms with E-state index in [2.05, 4.69) is 15.9 Å². The highest BCUT2D eigenvalue weighted by Gasteiger charge is 2.37. The highest BCUT2D eigenvalue weighted by molar-refractivity contribution is 9.10. The first-order valence-corrected chi connectivity index (χ1v) is 8.62. The summed E-state index contributed by atoms with van der Waals surface area (Å²) in [5.41, 5.74) is 2.34. The molecule has 2 aromatic carbocycles. The van der Waals surface area contributed by atoms with E-state index in [0.717, 1.165) is 4.47 Å². The minimum atomic E-state index is -0.569. The number of phenolic OH excluding ortho intramolecular Hbond substituents is 1. The van der Waals surface area contributed by atoms with Crippen molar-refractivity contribution >= 4 is 39.6 Å². The Morgan fingerprint density at radius 3 is 2.31 bits per heavy atom. The third-order valence-corrected chi connectivity index (χ3v) is 4.61. The Hall–Kier alpha value is -2.86. The molecule has 0 saturated carbocycles. The molecule has 1 amide bonds. The zero-order valence-corrected chi connectivity index (χ0v) is 15.8. The van der Waals surface area contributed by atoms with Crippen molar-refractivity contribution in [2.45, 2.75) is 6.92 Å². The van der Waals surface area contributed by atoms with Gasteiger partial charge in [0, 0.05) is 15.9 Å². The van der Waals surface area contributed by atoms with Gasteiger partial charge in [0.25, 0.3) is 5.91 Å². The lowest BCUT2D eigenvalue weighted by Crippen LogP contribution is -2.24. The molecule has 0 radical (unpaired) electrons. The number of amides is 1. The van der Waals surface area contributed by atoms with Crippen LogP contribution in [-0.4, -0.2) is 24.1 Å². The number of hydrogen-bond acceptors (Lipinski definition) is 4. The minimum Gasteiger partial charge on any atom is -0.508 e. The second-order valence-electron chi connectivity index (χ2n) is 5.72. The normalized spacial score (nSPS) is 15.7. The average Bonchev–Trinajstić information content (AvgIpc) is 2.87. The molecule has 0 saturated heterocycles. The molecule has 0 aromatic heterocycles. The number of anilines is 1. The smallest absolute Gasteiger partial charge is 0.340 e. The van der Waals surface area contributed by atoms with E-state index in [1.54, 1.807) is 37.3 Å². The summed E-state index contributed by atoms with van der Waals surface area (Å²) in [5.74, 6) is -0.750. The maximum absolute atomic E-state index is 13.1. The van der Waals surface area contributed by atoms with Crippen molar-refractivity contribution in [1.82, 2.24) is 0 Å². The number of nitrogens with zero attached hydrogens (tertiary/aromatic N) is 1.